The fraction of sp³-hybridized carbons (Fsp3) is 0.250. The van der Waals surface area contributed by atoms with Crippen LogP contribution in [0.3, 0.4) is 0 Å². The zero-order chi connectivity index (χ0) is 18.7. The van der Waals surface area contributed by atoms with Crippen LogP contribution in [0.2, 0.25) is 0 Å². The predicted molar refractivity (Wildman–Crippen MR) is 98.0 cm³/mol. The van der Waals surface area contributed by atoms with Gasteiger partial charge in [0.25, 0.3) is 5.91 Å². The molecule has 0 spiro atoms. The first kappa shape index (κ1) is 17.7. The molecular formula is C20H20N2O4. The zero-order valence-electron chi connectivity index (χ0n) is 14.9. The molecule has 1 N–H and O–H groups in total. The molecule has 1 heterocycles. The van der Waals surface area contributed by atoms with Crippen LogP contribution in [0.4, 0.5) is 5.69 Å². The number of hydrogen-bond donors (Lipinski definition) is 1. The molecule has 0 radical (unpaired) electrons. The van der Waals surface area contributed by atoms with Gasteiger partial charge in [0, 0.05) is 5.69 Å². The number of aryl methyl sites for hydroxylation is 1. The van der Waals surface area contributed by atoms with E-state index in [0.29, 0.717) is 23.2 Å². The van der Waals surface area contributed by atoms with Crippen LogP contribution in [0, 0.1) is 13.8 Å². The molecule has 0 aliphatic carbocycles. The number of anilines is 1. The Balaban J connectivity index is 1.76. The van der Waals surface area contributed by atoms with Crippen LogP contribution < -0.4 is 5.32 Å². The van der Waals surface area contributed by atoms with Gasteiger partial charge in [0.05, 0.1) is 5.56 Å². The maximum absolute atomic E-state index is 12.6. The number of carbonyl (C=O) groups is 2. The lowest BCUT2D eigenvalue weighted by Gasteiger charge is -2.17. The van der Waals surface area contributed by atoms with Gasteiger partial charge in [-0.1, -0.05) is 25.1 Å². The van der Waals surface area contributed by atoms with E-state index in [4.69, 9.17) is 9.15 Å². The molecule has 1 atom stereocenters. The van der Waals surface area contributed by atoms with Gasteiger partial charge in [0.2, 0.25) is 0 Å². The summed E-state index contributed by atoms with van der Waals surface area (Å²) in [7, 11) is 0. The summed E-state index contributed by atoms with van der Waals surface area (Å²) in [5, 5.41) is 2.84. The van der Waals surface area contributed by atoms with Crippen molar-refractivity contribution in [2.75, 3.05) is 5.32 Å². The van der Waals surface area contributed by atoms with Gasteiger partial charge in [0.15, 0.2) is 18.1 Å². The van der Waals surface area contributed by atoms with Crippen molar-refractivity contribution in [1.82, 2.24) is 4.98 Å². The molecule has 6 heteroatoms. The van der Waals surface area contributed by atoms with E-state index in [0.717, 1.165) is 11.1 Å². The van der Waals surface area contributed by atoms with Crippen molar-refractivity contribution < 1.29 is 18.7 Å². The monoisotopic (exact) mass is 352 g/mol. The quantitative estimate of drug-likeness (QED) is 0.702. The van der Waals surface area contributed by atoms with Gasteiger partial charge in [-0.15, -0.1) is 0 Å². The van der Waals surface area contributed by atoms with E-state index in [9.17, 15) is 9.59 Å². The van der Waals surface area contributed by atoms with Gasteiger partial charge in [-0.05, 0) is 49.6 Å². The van der Waals surface area contributed by atoms with E-state index in [1.807, 2.05) is 32.0 Å². The Hall–Kier alpha value is -3.15. The number of benzene rings is 2. The second-order valence-electron chi connectivity index (χ2n) is 6.04. The number of rotatable bonds is 5. The summed E-state index contributed by atoms with van der Waals surface area (Å²) < 4.78 is 10.6. The first-order valence-corrected chi connectivity index (χ1v) is 8.41. The van der Waals surface area contributed by atoms with Gasteiger partial charge in [-0.2, -0.15) is 0 Å². The molecule has 0 fully saturated rings. The molecule has 0 saturated carbocycles. The van der Waals surface area contributed by atoms with Crippen molar-refractivity contribution in [3.8, 4) is 0 Å². The number of hydrogen-bond acceptors (Lipinski definition) is 5. The number of carbonyl (C=O) groups excluding carboxylic acids is 2. The second kappa shape index (κ2) is 7.39. The van der Waals surface area contributed by atoms with Gasteiger partial charge >= 0.3 is 5.97 Å². The molecule has 3 aromatic rings. The van der Waals surface area contributed by atoms with Crippen LogP contribution in [0.15, 0.2) is 47.2 Å². The second-order valence-corrected chi connectivity index (χ2v) is 6.04. The number of para-hydroxylation sites is 1. The van der Waals surface area contributed by atoms with E-state index >= 15 is 0 Å². The molecule has 6 nitrogen and oxygen atoms in total. The third-order valence-corrected chi connectivity index (χ3v) is 4.36. The molecule has 0 aliphatic heterocycles. The standard InChI is InChI=1S/C20H20N2O4/c1-4-16(19(23)22-15-9-5-7-12(2)13(15)3)26-20(24)14-8-6-10-17-18(14)21-11-25-17/h5-11,16H,4H2,1-3H3,(H,22,23). The Bertz CT molecular complexity index is 961. The normalized spacial score (nSPS) is 12.0. The highest BCUT2D eigenvalue weighted by molar-refractivity contribution is 6.03. The number of oxazole rings is 1. The molecule has 3 rings (SSSR count). The molecule has 26 heavy (non-hydrogen) atoms. The number of fused-ring (bicyclic) bond motifs is 1. The average Bonchev–Trinajstić information content (AvgIpc) is 3.11. The summed E-state index contributed by atoms with van der Waals surface area (Å²) in [5.41, 5.74) is 3.95. The summed E-state index contributed by atoms with van der Waals surface area (Å²) in [5.74, 6) is -0.964. The predicted octanol–water partition coefficient (Wildman–Crippen LogP) is 4.02. The minimum Gasteiger partial charge on any atom is -0.449 e. The fourth-order valence-corrected chi connectivity index (χ4v) is 2.67. The number of nitrogens with zero attached hydrogens (tertiary/aromatic N) is 1. The summed E-state index contributed by atoms with van der Waals surface area (Å²) in [6.45, 7) is 5.70. The van der Waals surface area contributed by atoms with E-state index in [-0.39, 0.29) is 11.5 Å². The summed E-state index contributed by atoms with van der Waals surface area (Å²) >= 11 is 0. The van der Waals surface area contributed by atoms with Crippen molar-refractivity contribution in [1.29, 1.82) is 0 Å². The van der Waals surface area contributed by atoms with Crippen molar-refractivity contribution >= 4 is 28.7 Å². The van der Waals surface area contributed by atoms with E-state index in [1.54, 1.807) is 25.1 Å². The lowest BCUT2D eigenvalue weighted by atomic mass is 10.1. The molecule has 0 saturated heterocycles. The molecule has 134 valence electrons. The Morgan fingerprint density at radius 3 is 2.73 bits per heavy atom. The summed E-state index contributed by atoms with van der Waals surface area (Å²) in [4.78, 5) is 29.1. The number of amides is 1. The van der Waals surface area contributed by atoms with E-state index < -0.39 is 12.1 Å². The molecule has 0 bridgehead atoms. The fourth-order valence-electron chi connectivity index (χ4n) is 2.67. The Labute approximate surface area is 151 Å². The van der Waals surface area contributed by atoms with Gasteiger partial charge < -0.3 is 14.5 Å². The van der Waals surface area contributed by atoms with Gasteiger partial charge in [-0.3, -0.25) is 4.79 Å². The van der Waals surface area contributed by atoms with Crippen LogP contribution in [-0.4, -0.2) is 23.0 Å². The largest absolute Gasteiger partial charge is 0.449 e. The lowest BCUT2D eigenvalue weighted by Crippen LogP contribution is -2.32. The van der Waals surface area contributed by atoms with E-state index in [2.05, 4.69) is 10.3 Å². The smallest absolute Gasteiger partial charge is 0.341 e. The van der Waals surface area contributed by atoms with Crippen molar-refractivity contribution in [3.63, 3.8) is 0 Å². The van der Waals surface area contributed by atoms with Crippen LogP contribution in [0.1, 0.15) is 34.8 Å². The number of aromatic nitrogens is 1. The maximum Gasteiger partial charge on any atom is 0.341 e. The zero-order valence-corrected chi connectivity index (χ0v) is 14.9. The van der Waals surface area contributed by atoms with Gasteiger partial charge in [-0.25, -0.2) is 9.78 Å². The third-order valence-electron chi connectivity index (χ3n) is 4.36. The Kier molecular flexibility index (Phi) is 5.02. The molecule has 1 amide bonds. The molecule has 0 aliphatic rings. The first-order valence-electron chi connectivity index (χ1n) is 8.41. The van der Waals surface area contributed by atoms with Crippen LogP contribution in [0.25, 0.3) is 11.1 Å². The van der Waals surface area contributed by atoms with E-state index in [1.165, 1.54) is 6.39 Å². The minimum absolute atomic E-state index is 0.272. The number of nitrogens with one attached hydrogen (secondary N) is 1. The maximum atomic E-state index is 12.6. The highest BCUT2D eigenvalue weighted by atomic mass is 16.5. The summed E-state index contributed by atoms with van der Waals surface area (Å²) in [6.07, 6.45) is 0.730. The molecule has 1 unspecified atom stereocenters. The average molecular weight is 352 g/mol. The van der Waals surface area contributed by atoms with Crippen LogP contribution in [-0.2, 0) is 9.53 Å². The molecule has 1 aromatic heterocycles. The van der Waals surface area contributed by atoms with Crippen molar-refractivity contribution in [3.05, 3.63) is 59.5 Å². The number of ether oxygens (including phenoxy) is 1. The minimum atomic E-state index is -0.899. The SMILES string of the molecule is CCC(OC(=O)c1cccc2ocnc12)C(=O)Nc1cccc(C)c1C. The third kappa shape index (κ3) is 3.44. The topological polar surface area (TPSA) is 81.4 Å². The Morgan fingerprint density at radius 1 is 1.19 bits per heavy atom. The summed E-state index contributed by atoms with van der Waals surface area (Å²) in [6, 6.07) is 10.7. The highest BCUT2D eigenvalue weighted by Crippen LogP contribution is 2.21. The van der Waals surface area contributed by atoms with Crippen LogP contribution >= 0.6 is 0 Å². The lowest BCUT2D eigenvalue weighted by molar-refractivity contribution is -0.124. The molecular weight excluding hydrogens is 332 g/mol. The van der Waals surface area contributed by atoms with Crippen LogP contribution in [0.5, 0.6) is 0 Å². The molecule has 2 aromatic carbocycles. The Morgan fingerprint density at radius 2 is 1.96 bits per heavy atom. The first-order chi connectivity index (χ1) is 12.5. The van der Waals surface area contributed by atoms with Crippen molar-refractivity contribution in [2.24, 2.45) is 0 Å². The van der Waals surface area contributed by atoms with Gasteiger partial charge in [0.1, 0.15) is 5.52 Å². The highest BCUT2D eigenvalue weighted by Gasteiger charge is 2.24. The number of esters is 1. The van der Waals surface area contributed by atoms with Crippen molar-refractivity contribution in [2.45, 2.75) is 33.3 Å².